The van der Waals surface area contributed by atoms with E-state index in [1.807, 2.05) is 26.0 Å². The lowest BCUT2D eigenvalue weighted by atomic mass is 10.1. The molecule has 172 valence electrons. The number of hydrogen-bond donors (Lipinski definition) is 1. The maximum absolute atomic E-state index is 12.7. The van der Waals surface area contributed by atoms with Gasteiger partial charge in [0.2, 0.25) is 5.91 Å². The van der Waals surface area contributed by atoms with E-state index in [-0.39, 0.29) is 10.6 Å². The Morgan fingerprint density at radius 3 is 2.53 bits per heavy atom. The third-order valence-corrected chi connectivity index (χ3v) is 6.00. The number of non-ortho nitro benzene ring substituents is 1. The topological polar surface area (TPSA) is 123 Å². The third-order valence-electron chi connectivity index (χ3n) is 5.09. The zero-order chi connectivity index (χ0) is 24.4. The molecule has 0 spiro atoms. The van der Waals surface area contributed by atoms with E-state index in [0.717, 1.165) is 27.8 Å². The van der Waals surface area contributed by atoms with Crippen molar-refractivity contribution in [3.63, 3.8) is 0 Å². The monoisotopic (exact) mass is 477 g/mol. The van der Waals surface area contributed by atoms with Gasteiger partial charge in [0.15, 0.2) is 0 Å². The first-order chi connectivity index (χ1) is 16.2. The minimum Gasteiger partial charge on any atom is -0.457 e. The summed E-state index contributed by atoms with van der Waals surface area (Å²) in [5, 5.41) is 13.0. The Balaban J connectivity index is 1.44. The van der Waals surface area contributed by atoms with Crippen molar-refractivity contribution in [2.45, 2.75) is 13.8 Å². The van der Waals surface area contributed by atoms with E-state index in [1.54, 1.807) is 30.3 Å². The number of rotatable bonds is 6. The van der Waals surface area contributed by atoms with Crippen LogP contribution in [0.3, 0.4) is 0 Å². The van der Waals surface area contributed by atoms with Crippen LogP contribution in [0.4, 0.5) is 16.2 Å². The molecule has 2 heterocycles. The van der Waals surface area contributed by atoms with Crippen molar-refractivity contribution < 1.29 is 23.7 Å². The van der Waals surface area contributed by atoms with Gasteiger partial charge in [0.25, 0.3) is 16.8 Å². The predicted octanol–water partition coefficient (Wildman–Crippen LogP) is 5.15. The number of amides is 3. The number of anilines is 1. The highest BCUT2D eigenvalue weighted by atomic mass is 32.2. The lowest BCUT2D eigenvalue weighted by Crippen LogP contribution is -2.36. The minimum atomic E-state index is -0.584. The summed E-state index contributed by atoms with van der Waals surface area (Å²) >= 11 is 0.724. The summed E-state index contributed by atoms with van der Waals surface area (Å²) in [6.07, 6.45) is 1.43. The van der Waals surface area contributed by atoms with Crippen molar-refractivity contribution >= 4 is 46.3 Å². The minimum absolute atomic E-state index is 0.0363. The fraction of sp³-hybridized carbons (Fsp3) is 0.125. The Bertz CT molecular complexity index is 1340. The maximum atomic E-state index is 12.7. The molecule has 0 saturated carbocycles. The number of carbonyl (C=O) groups excluding carboxylic acids is 3. The smallest absolute Gasteiger partial charge is 0.294 e. The Morgan fingerprint density at radius 2 is 1.85 bits per heavy atom. The van der Waals surface area contributed by atoms with Gasteiger partial charge >= 0.3 is 0 Å². The highest BCUT2D eigenvalue weighted by Gasteiger charge is 2.36. The number of nitro groups is 1. The van der Waals surface area contributed by atoms with Crippen LogP contribution in [0.5, 0.6) is 0 Å². The molecular formula is C24H19N3O6S. The molecule has 0 radical (unpaired) electrons. The van der Waals surface area contributed by atoms with Crippen molar-refractivity contribution in [2.24, 2.45) is 0 Å². The molecule has 1 N–H and O–H groups in total. The van der Waals surface area contributed by atoms with Crippen molar-refractivity contribution in [1.29, 1.82) is 0 Å². The average Bonchev–Trinajstić information content (AvgIpc) is 3.36. The van der Waals surface area contributed by atoms with E-state index in [0.29, 0.717) is 22.8 Å². The maximum Gasteiger partial charge on any atom is 0.294 e. The average molecular weight is 477 g/mol. The number of nitro benzene ring substituents is 1. The molecule has 34 heavy (non-hydrogen) atoms. The molecule has 0 atom stereocenters. The molecule has 1 saturated heterocycles. The Hall–Kier alpha value is -4.18. The summed E-state index contributed by atoms with van der Waals surface area (Å²) in [4.78, 5) is 48.9. The molecule has 0 unspecified atom stereocenters. The summed E-state index contributed by atoms with van der Waals surface area (Å²) in [6.45, 7) is 3.40. The lowest BCUT2D eigenvalue weighted by molar-refractivity contribution is -0.384. The van der Waals surface area contributed by atoms with Gasteiger partial charge in [0.05, 0.1) is 9.83 Å². The molecular weight excluding hydrogens is 458 g/mol. The number of hydrogen-bond acceptors (Lipinski definition) is 7. The summed E-state index contributed by atoms with van der Waals surface area (Å²) < 4.78 is 5.71. The fourth-order valence-electron chi connectivity index (χ4n) is 3.39. The van der Waals surface area contributed by atoms with Crippen LogP contribution in [0.2, 0.25) is 0 Å². The summed E-state index contributed by atoms with van der Waals surface area (Å²) in [7, 11) is 0. The van der Waals surface area contributed by atoms with Crippen LogP contribution in [-0.2, 0) is 9.59 Å². The highest BCUT2D eigenvalue weighted by molar-refractivity contribution is 8.18. The number of nitrogens with zero attached hydrogens (tertiary/aromatic N) is 2. The van der Waals surface area contributed by atoms with Crippen LogP contribution in [0.1, 0.15) is 16.9 Å². The van der Waals surface area contributed by atoms with Crippen LogP contribution in [0.25, 0.3) is 17.4 Å². The quantitative estimate of drug-likeness (QED) is 0.296. The first-order valence-electron chi connectivity index (χ1n) is 10.2. The molecule has 1 fully saturated rings. The number of carbonyl (C=O) groups is 3. The predicted molar refractivity (Wildman–Crippen MR) is 128 cm³/mol. The Labute approximate surface area is 198 Å². The van der Waals surface area contributed by atoms with Gasteiger partial charge in [-0.3, -0.25) is 29.4 Å². The van der Waals surface area contributed by atoms with E-state index >= 15 is 0 Å². The molecule has 3 amide bonds. The fourth-order valence-corrected chi connectivity index (χ4v) is 4.20. The third kappa shape index (κ3) is 4.91. The first kappa shape index (κ1) is 23.0. The number of aryl methyl sites for hydroxylation is 2. The SMILES string of the molecule is Cc1ccc(NC(=O)CN2C(=O)S/C(=C/c3ccc(-c4ccc([N+](=O)[O-])cc4)o3)C2=O)c(C)c1. The second-order valence-electron chi connectivity index (χ2n) is 7.64. The molecule has 2 aromatic carbocycles. The van der Waals surface area contributed by atoms with Crippen molar-refractivity contribution in [2.75, 3.05) is 11.9 Å². The van der Waals surface area contributed by atoms with Crippen molar-refractivity contribution in [1.82, 2.24) is 4.90 Å². The largest absolute Gasteiger partial charge is 0.457 e. The molecule has 3 aromatic rings. The van der Waals surface area contributed by atoms with Gasteiger partial charge in [-0.05, 0) is 61.5 Å². The molecule has 9 nitrogen and oxygen atoms in total. The summed E-state index contributed by atoms with van der Waals surface area (Å²) in [6, 6.07) is 14.7. The van der Waals surface area contributed by atoms with Gasteiger partial charge in [0, 0.05) is 29.5 Å². The van der Waals surface area contributed by atoms with E-state index in [9.17, 15) is 24.5 Å². The van der Waals surface area contributed by atoms with Crippen molar-refractivity contribution in [3.05, 3.63) is 86.5 Å². The number of imide groups is 1. The molecule has 0 aliphatic carbocycles. The number of nitrogens with one attached hydrogen (secondary N) is 1. The van der Waals surface area contributed by atoms with Crippen molar-refractivity contribution in [3.8, 4) is 11.3 Å². The van der Waals surface area contributed by atoms with E-state index < -0.39 is 28.5 Å². The molecule has 1 aliphatic rings. The zero-order valence-corrected chi connectivity index (χ0v) is 19.0. The summed E-state index contributed by atoms with van der Waals surface area (Å²) in [5.74, 6) is -0.278. The number of thioether (sulfide) groups is 1. The van der Waals surface area contributed by atoms with E-state index in [4.69, 9.17) is 4.42 Å². The number of furan rings is 1. The van der Waals surface area contributed by atoms with Gasteiger partial charge in [-0.2, -0.15) is 0 Å². The molecule has 4 rings (SSSR count). The number of benzene rings is 2. The van der Waals surface area contributed by atoms with Crippen LogP contribution < -0.4 is 5.32 Å². The van der Waals surface area contributed by atoms with Gasteiger partial charge in [-0.25, -0.2) is 0 Å². The Kier molecular flexibility index (Phi) is 6.33. The summed E-state index contributed by atoms with van der Waals surface area (Å²) in [5.41, 5.74) is 3.14. The first-order valence-corrected chi connectivity index (χ1v) is 11.0. The van der Waals surface area contributed by atoms with Crippen LogP contribution in [0.15, 0.2) is 63.9 Å². The van der Waals surface area contributed by atoms with Crippen LogP contribution in [0, 0.1) is 24.0 Å². The highest BCUT2D eigenvalue weighted by Crippen LogP contribution is 2.33. The molecule has 1 aliphatic heterocycles. The van der Waals surface area contributed by atoms with Crippen LogP contribution >= 0.6 is 11.8 Å². The van der Waals surface area contributed by atoms with Gasteiger partial charge in [0.1, 0.15) is 18.1 Å². The van der Waals surface area contributed by atoms with Gasteiger partial charge in [-0.1, -0.05) is 17.7 Å². The Morgan fingerprint density at radius 1 is 1.12 bits per heavy atom. The standard InChI is InChI=1S/C24H19N3O6S/c1-14-3-9-19(15(2)11-14)25-22(28)13-26-23(29)21(34-24(26)30)12-18-8-10-20(33-18)16-4-6-17(7-5-16)27(31)32/h3-12H,13H2,1-2H3,(H,25,28)/b21-12+. The molecule has 0 bridgehead atoms. The second-order valence-corrected chi connectivity index (χ2v) is 8.63. The van der Waals surface area contributed by atoms with E-state index in [2.05, 4.69) is 5.32 Å². The van der Waals surface area contributed by atoms with E-state index in [1.165, 1.54) is 18.2 Å². The normalized spacial score (nSPS) is 14.6. The van der Waals surface area contributed by atoms with Gasteiger partial charge in [-0.15, -0.1) is 0 Å². The lowest BCUT2D eigenvalue weighted by Gasteiger charge is -2.13. The van der Waals surface area contributed by atoms with Crippen LogP contribution in [-0.4, -0.2) is 33.4 Å². The second kappa shape index (κ2) is 9.36. The zero-order valence-electron chi connectivity index (χ0n) is 18.2. The molecule has 1 aromatic heterocycles. The van der Waals surface area contributed by atoms with Gasteiger partial charge < -0.3 is 9.73 Å². The molecule has 10 heteroatoms.